The van der Waals surface area contributed by atoms with Crippen LogP contribution >= 0.6 is 24.8 Å². The number of hydrogen-bond acceptors (Lipinski definition) is 1. The molecule has 4 heteroatoms. The van der Waals surface area contributed by atoms with Gasteiger partial charge in [-0.2, -0.15) is 0 Å². The van der Waals surface area contributed by atoms with Crippen molar-refractivity contribution in [2.24, 2.45) is 0 Å². The summed E-state index contributed by atoms with van der Waals surface area (Å²) in [5, 5.41) is 10.5. The molecule has 0 bridgehead atoms. The maximum absolute atomic E-state index is 8.06. The molecule has 0 radical (unpaired) electrons. The summed E-state index contributed by atoms with van der Waals surface area (Å²) in [6, 6.07) is 16.2. The molecular weight excluding hydrogens is 363 g/mol. The second kappa shape index (κ2) is 11.9. The molecule has 1 aliphatic carbocycles. The quantitative estimate of drug-likeness (QED) is 0.500. The minimum atomic E-state index is -0.167. The van der Waals surface area contributed by atoms with Crippen LogP contribution in [0.2, 0.25) is 0 Å². The van der Waals surface area contributed by atoms with Gasteiger partial charge in [0.1, 0.15) is 0 Å². The van der Waals surface area contributed by atoms with E-state index in [1.807, 2.05) is 0 Å². The van der Waals surface area contributed by atoms with Gasteiger partial charge in [-0.25, -0.2) is 0 Å². The summed E-state index contributed by atoms with van der Waals surface area (Å²) in [7, 11) is 0. The SMILES string of the molecule is CC(C)O.CC1=CCC(c2[c-]c3ccccc3cc2)=C1.Cl.Cl.[Ti]. The van der Waals surface area contributed by atoms with Gasteiger partial charge in [-0.15, -0.1) is 65.6 Å². The van der Waals surface area contributed by atoms with Crippen LogP contribution in [0.25, 0.3) is 16.3 Å². The zero-order chi connectivity index (χ0) is 14.5. The fourth-order valence-electron chi connectivity index (χ4n) is 2.15. The third kappa shape index (κ3) is 7.70. The Labute approximate surface area is 166 Å². The number of fused-ring (bicyclic) bond motifs is 1. The van der Waals surface area contributed by atoms with E-state index >= 15 is 0 Å². The Morgan fingerprint density at radius 1 is 1.04 bits per heavy atom. The van der Waals surface area contributed by atoms with Gasteiger partial charge in [0.25, 0.3) is 0 Å². The summed E-state index contributed by atoms with van der Waals surface area (Å²) < 4.78 is 0. The molecule has 2 aromatic carbocycles. The van der Waals surface area contributed by atoms with E-state index in [9.17, 15) is 0 Å². The summed E-state index contributed by atoms with van der Waals surface area (Å²) in [4.78, 5) is 0. The minimum absolute atomic E-state index is 0. The Morgan fingerprint density at radius 3 is 2.22 bits per heavy atom. The number of benzene rings is 2. The third-order valence-corrected chi connectivity index (χ3v) is 3.05. The third-order valence-electron chi connectivity index (χ3n) is 3.05. The van der Waals surface area contributed by atoms with Crippen LogP contribution in [0.15, 0.2) is 54.1 Å². The van der Waals surface area contributed by atoms with Crippen LogP contribution in [0.4, 0.5) is 0 Å². The topological polar surface area (TPSA) is 20.2 Å². The van der Waals surface area contributed by atoms with Crippen molar-refractivity contribution < 1.29 is 26.8 Å². The summed E-state index contributed by atoms with van der Waals surface area (Å²) in [6.45, 7) is 5.59. The van der Waals surface area contributed by atoms with Gasteiger partial charge in [-0.3, -0.25) is 0 Å². The van der Waals surface area contributed by atoms with Crippen LogP contribution in [-0.2, 0) is 21.7 Å². The van der Waals surface area contributed by atoms with E-state index in [1.54, 1.807) is 13.8 Å². The van der Waals surface area contributed by atoms with Crippen LogP contribution in [0.3, 0.4) is 0 Å². The van der Waals surface area contributed by atoms with Crippen molar-refractivity contribution in [2.45, 2.75) is 33.3 Å². The molecule has 0 amide bonds. The van der Waals surface area contributed by atoms with Gasteiger partial charge < -0.3 is 5.11 Å². The first-order chi connectivity index (χ1) is 9.56. The predicted molar refractivity (Wildman–Crippen MR) is 101 cm³/mol. The Bertz CT molecular complexity index is 660. The van der Waals surface area contributed by atoms with Crippen LogP contribution in [0.1, 0.15) is 32.8 Å². The number of allylic oxidation sites excluding steroid dienone is 4. The molecule has 0 heterocycles. The maximum Gasteiger partial charge on any atom is 0.0483 e. The van der Waals surface area contributed by atoms with Gasteiger partial charge in [-0.1, -0.05) is 41.3 Å². The van der Waals surface area contributed by atoms with Gasteiger partial charge in [0.2, 0.25) is 0 Å². The van der Waals surface area contributed by atoms with Crippen molar-refractivity contribution in [3.63, 3.8) is 0 Å². The van der Waals surface area contributed by atoms with Crippen molar-refractivity contribution >= 4 is 41.2 Å². The monoisotopic (exact) mass is 385 g/mol. The van der Waals surface area contributed by atoms with Crippen molar-refractivity contribution in [3.8, 4) is 0 Å². The molecule has 0 spiro atoms. The normalized spacial score (nSPS) is 12.0. The predicted octanol–water partition coefficient (Wildman–Crippen LogP) is 5.60. The summed E-state index contributed by atoms with van der Waals surface area (Å²) >= 11 is 0. The van der Waals surface area contributed by atoms with Crippen LogP contribution in [-0.4, -0.2) is 11.2 Å². The number of aliphatic hydroxyl groups excluding tert-OH is 1. The van der Waals surface area contributed by atoms with E-state index in [-0.39, 0.29) is 52.6 Å². The molecule has 0 unspecified atom stereocenters. The van der Waals surface area contributed by atoms with Gasteiger partial charge in [-0.05, 0) is 27.2 Å². The first kappa shape index (κ1) is 24.7. The summed E-state index contributed by atoms with van der Waals surface area (Å²) in [5.74, 6) is 0. The van der Waals surface area contributed by atoms with Gasteiger partial charge in [0, 0.05) is 27.8 Å². The van der Waals surface area contributed by atoms with Crippen molar-refractivity contribution in [1.82, 2.24) is 0 Å². The standard InChI is InChI=1S/C16H13.C3H8O.2ClH.Ti/c1-12-6-7-15(10-12)16-9-8-13-4-2-3-5-14(13)11-16;1-3(2)4;;;/h2-6,8-10H,7H2,1H3;3-4H,1-2H3;2*1H;/q-1;;;;. The average molecular weight is 386 g/mol. The van der Waals surface area contributed by atoms with E-state index in [1.165, 1.54) is 27.5 Å². The van der Waals surface area contributed by atoms with Crippen LogP contribution in [0.5, 0.6) is 0 Å². The summed E-state index contributed by atoms with van der Waals surface area (Å²) in [5.41, 5.74) is 3.96. The Morgan fingerprint density at radius 2 is 1.65 bits per heavy atom. The molecule has 0 saturated heterocycles. The minimum Gasteiger partial charge on any atom is -0.394 e. The van der Waals surface area contributed by atoms with Crippen LogP contribution in [0, 0.1) is 6.07 Å². The molecule has 1 nitrogen and oxygen atoms in total. The molecule has 0 fully saturated rings. The first-order valence-electron chi connectivity index (χ1n) is 7.03. The molecule has 0 aromatic heterocycles. The molecule has 0 saturated carbocycles. The number of aliphatic hydroxyl groups is 1. The zero-order valence-electron chi connectivity index (χ0n) is 13.7. The molecular formula is C19H23Cl2OTi-. The first-order valence-corrected chi connectivity index (χ1v) is 7.03. The maximum atomic E-state index is 8.06. The number of halogens is 2. The van der Waals surface area contributed by atoms with Gasteiger partial charge in [0.05, 0.1) is 0 Å². The van der Waals surface area contributed by atoms with E-state index in [2.05, 4.69) is 61.5 Å². The van der Waals surface area contributed by atoms with Gasteiger partial charge >= 0.3 is 0 Å². The second-order valence-corrected chi connectivity index (χ2v) is 5.37. The molecule has 0 aliphatic heterocycles. The Hall–Kier alpha value is -0.566. The second-order valence-electron chi connectivity index (χ2n) is 5.37. The van der Waals surface area contributed by atoms with Crippen LogP contribution < -0.4 is 0 Å². The largest absolute Gasteiger partial charge is 0.394 e. The smallest absolute Gasteiger partial charge is 0.0483 e. The molecule has 23 heavy (non-hydrogen) atoms. The summed E-state index contributed by atoms with van der Waals surface area (Å²) in [6.07, 6.45) is 5.39. The fraction of sp³-hybridized carbons (Fsp3) is 0.263. The molecule has 1 N–H and O–H groups in total. The average Bonchev–Trinajstić information content (AvgIpc) is 2.84. The van der Waals surface area contributed by atoms with Crippen molar-refractivity contribution in [2.75, 3.05) is 0 Å². The molecule has 2 aromatic rings. The Kier molecular flexibility index (Phi) is 12.8. The van der Waals surface area contributed by atoms with E-state index in [4.69, 9.17) is 5.11 Å². The van der Waals surface area contributed by atoms with Crippen molar-refractivity contribution in [3.05, 3.63) is 65.8 Å². The molecule has 124 valence electrons. The van der Waals surface area contributed by atoms with Crippen molar-refractivity contribution in [1.29, 1.82) is 0 Å². The van der Waals surface area contributed by atoms with E-state index in [0.717, 1.165) is 6.42 Å². The number of hydrogen-bond donors (Lipinski definition) is 1. The molecule has 3 rings (SSSR count). The zero-order valence-corrected chi connectivity index (χ0v) is 16.9. The van der Waals surface area contributed by atoms with E-state index < -0.39 is 0 Å². The molecule has 1 aliphatic rings. The molecule has 0 atom stereocenters. The van der Waals surface area contributed by atoms with Gasteiger partial charge in [0.15, 0.2) is 0 Å². The number of rotatable bonds is 1. The van der Waals surface area contributed by atoms with E-state index in [0.29, 0.717) is 0 Å². The fourth-order valence-corrected chi connectivity index (χ4v) is 2.15. The Balaban J connectivity index is 0.